The summed E-state index contributed by atoms with van der Waals surface area (Å²) < 4.78 is 1.94. The molecule has 0 aromatic carbocycles. The Morgan fingerprint density at radius 2 is 2.17 bits per heavy atom. The molecule has 6 nitrogen and oxygen atoms in total. The topological polar surface area (TPSA) is 63.1 Å². The maximum atomic E-state index is 12.8. The molecule has 2 aliphatic rings. The van der Waals surface area contributed by atoms with Crippen molar-refractivity contribution < 1.29 is 4.79 Å². The van der Waals surface area contributed by atoms with Crippen molar-refractivity contribution in [2.45, 2.75) is 51.2 Å². The van der Waals surface area contributed by atoms with E-state index in [0.717, 1.165) is 37.3 Å². The quantitative estimate of drug-likeness (QED) is 0.917. The van der Waals surface area contributed by atoms with E-state index >= 15 is 0 Å². The number of amides is 1. The number of nitrogens with zero attached hydrogens (tertiary/aromatic N) is 4. The zero-order valence-electron chi connectivity index (χ0n) is 14.0. The lowest BCUT2D eigenvalue weighted by molar-refractivity contribution is 0.0721. The maximum Gasteiger partial charge on any atom is 0.255 e. The van der Waals surface area contributed by atoms with Crippen LogP contribution in [0.15, 0.2) is 30.7 Å². The highest BCUT2D eigenvalue weighted by Crippen LogP contribution is 2.24. The fourth-order valence-electron chi connectivity index (χ4n) is 3.28. The summed E-state index contributed by atoms with van der Waals surface area (Å²) in [5, 5.41) is 7.70. The third kappa shape index (κ3) is 3.27. The molecule has 1 N–H and O–H groups in total. The Kier molecular flexibility index (Phi) is 3.96. The molecule has 1 saturated carbocycles. The van der Waals surface area contributed by atoms with Gasteiger partial charge in [-0.25, -0.2) is 4.98 Å². The molecule has 0 bridgehead atoms. The molecule has 126 valence electrons. The fraction of sp³-hybridized carbons (Fsp3) is 0.500. The zero-order chi connectivity index (χ0) is 16.5. The molecule has 24 heavy (non-hydrogen) atoms. The van der Waals surface area contributed by atoms with Crippen molar-refractivity contribution in [2.24, 2.45) is 0 Å². The minimum Gasteiger partial charge on any atom is -0.367 e. The molecule has 1 unspecified atom stereocenters. The highest BCUT2D eigenvalue weighted by molar-refractivity contribution is 5.94. The van der Waals surface area contributed by atoms with Crippen molar-refractivity contribution in [2.75, 3.05) is 11.9 Å². The van der Waals surface area contributed by atoms with E-state index < -0.39 is 0 Å². The monoisotopic (exact) mass is 325 g/mol. The highest BCUT2D eigenvalue weighted by atomic mass is 16.2. The zero-order valence-corrected chi connectivity index (χ0v) is 14.0. The average Bonchev–Trinajstić information content (AvgIpc) is 3.12. The summed E-state index contributed by atoms with van der Waals surface area (Å²) in [6, 6.07) is 4.57. The summed E-state index contributed by atoms with van der Waals surface area (Å²) in [6.07, 6.45) is 10.1. The van der Waals surface area contributed by atoms with Gasteiger partial charge >= 0.3 is 0 Å². The van der Waals surface area contributed by atoms with Gasteiger partial charge in [-0.2, -0.15) is 5.10 Å². The number of likely N-dealkylation sites (tertiary alicyclic amines) is 1. The van der Waals surface area contributed by atoms with Crippen molar-refractivity contribution in [3.8, 4) is 0 Å². The van der Waals surface area contributed by atoms with Crippen molar-refractivity contribution >= 4 is 11.7 Å². The van der Waals surface area contributed by atoms with Crippen LogP contribution in [-0.4, -0.2) is 44.2 Å². The number of aryl methyl sites for hydroxylation is 1. The summed E-state index contributed by atoms with van der Waals surface area (Å²) in [5.74, 6) is 0.936. The van der Waals surface area contributed by atoms with Gasteiger partial charge in [0.1, 0.15) is 5.82 Å². The molecule has 2 aromatic rings. The molecular weight excluding hydrogens is 302 g/mol. The van der Waals surface area contributed by atoms with E-state index in [1.165, 1.54) is 12.8 Å². The molecule has 0 spiro atoms. The third-order valence-electron chi connectivity index (χ3n) is 4.74. The summed E-state index contributed by atoms with van der Waals surface area (Å²) in [7, 11) is 0. The number of carbonyl (C=O) groups excluding carboxylic acids is 1. The predicted octanol–water partition coefficient (Wildman–Crippen LogP) is 2.47. The van der Waals surface area contributed by atoms with Gasteiger partial charge in [-0.3, -0.25) is 9.48 Å². The van der Waals surface area contributed by atoms with E-state index in [-0.39, 0.29) is 11.9 Å². The summed E-state index contributed by atoms with van der Waals surface area (Å²) in [6.45, 7) is 3.60. The minimum atomic E-state index is 0.0758. The van der Waals surface area contributed by atoms with Crippen LogP contribution in [0.5, 0.6) is 0 Å². The van der Waals surface area contributed by atoms with Crippen LogP contribution in [-0.2, 0) is 6.54 Å². The van der Waals surface area contributed by atoms with E-state index in [4.69, 9.17) is 0 Å². The van der Waals surface area contributed by atoms with Crippen LogP contribution in [0.2, 0.25) is 0 Å². The number of hydrogen-bond acceptors (Lipinski definition) is 4. The Morgan fingerprint density at radius 3 is 2.83 bits per heavy atom. The van der Waals surface area contributed by atoms with Crippen molar-refractivity contribution in [1.82, 2.24) is 19.7 Å². The fourth-order valence-corrected chi connectivity index (χ4v) is 3.28. The lowest BCUT2D eigenvalue weighted by Gasteiger charge is -2.24. The first kappa shape index (κ1) is 15.2. The number of anilines is 1. The molecule has 1 amide bonds. The highest BCUT2D eigenvalue weighted by Gasteiger charge is 2.30. The van der Waals surface area contributed by atoms with Gasteiger partial charge in [0.25, 0.3) is 5.91 Å². The standard InChI is InChI=1S/C18H23N5O/c1-13-9-20-22(11-13)12-16-3-2-8-23(16)18(24)14-4-7-17(19-10-14)21-15-5-6-15/h4,7,9-11,15-16H,2-3,5-6,8,12H2,1H3,(H,19,21). The number of pyridine rings is 1. The van der Waals surface area contributed by atoms with Crippen molar-refractivity contribution in [1.29, 1.82) is 0 Å². The molecule has 2 aromatic heterocycles. The van der Waals surface area contributed by atoms with Crippen molar-refractivity contribution in [3.05, 3.63) is 41.9 Å². The number of rotatable bonds is 5. The first-order valence-electron chi connectivity index (χ1n) is 8.71. The van der Waals surface area contributed by atoms with Crippen molar-refractivity contribution in [3.63, 3.8) is 0 Å². The van der Waals surface area contributed by atoms with E-state index in [1.807, 2.05) is 41.0 Å². The Bertz CT molecular complexity index is 719. The van der Waals surface area contributed by atoms with Crippen LogP contribution in [0.4, 0.5) is 5.82 Å². The van der Waals surface area contributed by atoms with Crippen LogP contribution in [0.1, 0.15) is 41.6 Å². The molecule has 1 aliphatic heterocycles. The van der Waals surface area contributed by atoms with E-state index in [2.05, 4.69) is 15.4 Å². The number of carbonyl (C=O) groups is 1. The van der Waals surface area contributed by atoms with Crippen LogP contribution in [0.25, 0.3) is 0 Å². The number of aromatic nitrogens is 3. The Balaban J connectivity index is 1.43. The molecule has 4 rings (SSSR count). The molecule has 3 heterocycles. The maximum absolute atomic E-state index is 12.8. The van der Waals surface area contributed by atoms with E-state index in [0.29, 0.717) is 11.6 Å². The van der Waals surface area contributed by atoms with Gasteiger partial charge in [0.05, 0.1) is 24.3 Å². The summed E-state index contributed by atoms with van der Waals surface area (Å²) in [4.78, 5) is 19.2. The Labute approximate surface area is 141 Å². The second-order valence-electron chi connectivity index (χ2n) is 6.89. The second-order valence-corrected chi connectivity index (χ2v) is 6.89. The normalized spacial score (nSPS) is 20.4. The van der Waals surface area contributed by atoms with Gasteiger partial charge in [0.15, 0.2) is 0 Å². The largest absolute Gasteiger partial charge is 0.367 e. The Morgan fingerprint density at radius 1 is 1.29 bits per heavy atom. The first-order chi connectivity index (χ1) is 11.7. The molecule has 2 fully saturated rings. The Hall–Kier alpha value is -2.37. The van der Waals surface area contributed by atoms with Gasteiger partial charge < -0.3 is 10.2 Å². The second kappa shape index (κ2) is 6.26. The molecule has 0 radical (unpaired) electrons. The van der Waals surface area contributed by atoms with Gasteiger partial charge in [0.2, 0.25) is 0 Å². The minimum absolute atomic E-state index is 0.0758. The van der Waals surface area contributed by atoms with Crippen LogP contribution < -0.4 is 5.32 Å². The molecule has 1 saturated heterocycles. The van der Waals surface area contributed by atoms with Gasteiger partial charge in [-0.1, -0.05) is 0 Å². The van der Waals surface area contributed by atoms with E-state index in [9.17, 15) is 4.79 Å². The first-order valence-corrected chi connectivity index (χ1v) is 8.71. The number of hydrogen-bond donors (Lipinski definition) is 1. The SMILES string of the molecule is Cc1cnn(CC2CCCN2C(=O)c2ccc(NC3CC3)nc2)c1. The van der Waals surface area contributed by atoms with Gasteiger partial charge in [-0.05, 0) is 50.3 Å². The summed E-state index contributed by atoms with van der Waals surface area (Å²) >= 11 is 0. The lowest BCUT2D eigenvalue weighted by atomic mass is 10.2. The van der Waals surface area contributed by atoms with Crippen LogP contribution in [0, 0.1) is 6.92 Å². The third-order valence-corrected chi connectivity index (χ3v) is 4.74. The van der Waals surface area contributed by atoms with Crippen LogP contribution in [0.3, 0.4) is 0 Å². The predicted molar refractivity (Wildman–Crippen MR) is 91.9 cm³/mol. The smallest absolute Gasteiger partial charge is 0.255 e. The number of nitrogens with one attached hydrogen (secondary N) is 1. The average molecular weight is 325 g/mol. The summed E-state index contributed by atoms with van der Waals surface area (Å²) in [5.41, 5.74) is 1.81. The van der Waals surface area contributed by atoms with Crippen LogP contribution >= 0.6 is 0 Å². The molecular formula is C18H23N5O. The van der Waals surface area contributed by atoms with E-state index in [1.54, 1.807) is 6.20 Å². The van der Waals surface area contributed by atoms with Gasteiger partial charge in [-0.15, -0.1) is 0 Å². The lowest BCUT2D eigenvalue weighted by Crippen LogP contribution is -2.38. The molecule has 1 atom stereocenters. The molecule has 6 heteroatoms. The van der Waals surface area contributed by atoms with Gasteiger partial charge in [0, 0.05) is 25.0 Å². The molecule has 1 aliphatic carbocycles.